The van der Waals surface area contributed by atoms with Gasteiger partial charge in [-0.05, 0) is 314 Å². The maximum Gasteiger partial charge on any atom is 0.0701 e. The van der Waals surface area contributed by atoms with Crippen molar-refractivity contribution < 1.29 is 0 Å². The number of para-hydroxylation sites is 3. The quantitative estimate of drug-likeness (QED) is 0.0913. The van der Waals surface area contributed by atoms with Gasteiger partial charge in [-0.3, -0.25) is 9.97 Å². The van der Waals surface area contributed by atoms with Crippen LogP contribution in [-0.2, 0) is 0 Å². The minimum absolute atomic E-state index is 0.964. The Bertz CT molecular complexity index is 9690. The van der Waals surface area contributed by atoms with E-state index in [1.54, 1.807) is 0 Å². The predicted molar refractivity (Wildman–Crippen MR) is 604 cm³/mol. The summed E-state index contributed by atoms with van der Waals surface area (Å²) in [5.41, 5.74) is 41.4. The molecule has 144 heavy (non-hydrogen) atoms. The van der Waals surface area contributed by atoms with Crippen LogP contribution >= 0.6 is 0 Å². The first kappa shape index (κ1) is 84.0. The number of nitrogens with zero attached hydrogens (tertiary/aromatic N) is 8. The zero-order valence-corrected chi connectivity index (χ0v) is 78.5. The number of benzene rings is 21. The number of hydrogen-bond donors (Lipinski definition) is 0. The van der Waals surface area contributed by atoms with E-state index in [9.17, 15) is 0 Å². The van der Waals surface area contributed by atoms with E-state index in [1.165, 1.54) is 165 Å². The van der Waals surface area contributed by atoms with Crippen molar-refractivity contribution in [1.29, 1.82) is 0 Å². The van der Waals surface area contributed by atoms with Crippen LogP contribution in [0.15, 0.2) is 546 Å². The number of hydrogen-bond acceptors (Lipinski definition) is 3. The molecule has 28 aromatic rings. The zero-order valence-electron chi connectivity index (χ0n) is 78.5. The smallest absolute Gasteiger partial charge is 0.0701 e. The molecule has 0 spiro atoms. The maximum absolute atomic E-state index is 4.62. The first-order valence-corrected chi connectivity index (χ1v) is 49.2. The number of rotatable bonds is 17. The predicted octanol–water partition coefficient (Wildman–Crippen LogP) is 36.1. The Hall–Kier alpha value is -19.3. The van der Waals surface area contributed by atoms with Crippen LogP contribution in [0.1, 0.15) is 0 Å². The fourth-order valence-corrected chi connectivity index (χ4v) is 22.0. The van der Waals surface area contributed by atoms with Crippen molar-refractivity contribution in [2.75, 3.05) is 4.90 Å². The van der Waals surface area contributed by atoms with Crippen molar-refractivity contribution in [1.82, 2.24) is 32.8 Å². The Balaban J connectivity index is 0.000000144. The third-order valence-corrected chi connectivity index (χ3v) is 28.9. The van der Waals surface area contributed by atoms with E-state index < -0.39 is 0 Å². The van der Waals surface area contributed by atoms with Crippen LogP contribution in [0.3, 0.4) is 0 Å². The lowest BCUT2D eigenvalue weighted by molar-refractivity contribution is 1.17. The lowest BCUT2D eigenvalue weighted by atomic mass is 9.98. The van der Waals surface area contributed by atoms with Crippen LogP contribution in [0.5, 0.6) is 0 Å². The lowest BCUT2D eigenvalue weighted by Crippen LogP contribution is -2.09. The van der Waals surface area contributed by atoms with Gasteiger partial charge in [0.05, 0.1) is 66.6 Å². The van der Waals surface area contributed by atoms with Gasteiger partial charge in [0.1, 0.15) is 0 Å². The monoisotopic (exact) mass is 1830 g/mol. The average Bonchev–Trinajstić information content (AvgIpc) is 1.57. The molecule has 0 fully saturated rings. The highest BCUT2D eigenvalue weighted by Crippen LogP contribution is 2.48. The summed E-state index contributed by atoms with van der Waals surface area (Å²) in [6, 6.07) is 194. The van der Waals surface area contributed by atoms with Gasteiger partial charge in [0, 0.05) is 123 Å². The highest BCUT2D eigenvalue weighted by molar-refractivity contribution is 6.18. The van der Waals surface area contributed by atoms with Crippen LogP contribution in [0.2, 0.25) is 0 Å². The van der Waals surface area contributed by atoms with E-state index in [4.69, 9.17) is 0 Å². The van der Waals surface area contributed by atoms with E-state index in [-0.39, 0.29) is 0 Å². The van der Waals surface area contributed by atoms with E-state index in [2.05, 4.69) is 547 Å². The van der Waals surface area contributed by atoms with Crippen molar-refractivity contribution in [2.24, 2.45) is 0 Å². The van der Waals surface area contributed by atoms with Gasteiger partial charge in [0.25, 0.3) is 0 Å². The summed E-state index contributed by atoms with van der Waals surface area (Å²) < 4.78 is 12.1. The number of aromatic nitrogens is 7. The standard InChI is InChI=1S/C71H46N4.C65H44N4/c1-5-15-47(16-6-1)51-26-34-66-59(41-51)61-44-54(29-37-67(61)74(66)57-31-24-50(25-32-57)65-23-13-14-40-72-65)55-30-38-70-62(45-55)60-42-52(48-17-7-2-8-18-48)28-36-69(60)75(70)58-33-39-71-64(46-58)63-43-53(49-19-9-3-10-20-49)27-35-68(63)73(71)56-21-11-4-12-22-56;1-5-15-45(16-6-1)48-26-36-62-57(41-48)59-43-50(28-38-64(59)68(62)55-30-24-47(25-31-55)61-23-13-14-40-66-61)51-29-39-65-60(44-51)58-42-49(46-17-7-2-8-18-46)27-37-63(58)69(65)56-34-32-54(33-35-56)67(52-19-9-3-10-20-52)53-21-11-4-12-22-53/h1-46H;1-44H. The van der Waals surface area contributed by atoms with Crippen LogP contribution in [0.25, 0.3) is 238 Å². The molecule has 0 aliphatic carbocycles. The molecule has 674 valence electrons. The highest BCUT2D eigenvalue weighted by Gasteiger charge is 2.25. The fourth-order valence-electron chi connectivity index (χ4n) is 22.0. The molecule has 28 rings (SSSR count). The number of pyridine rings is 2. The van der Waals surface area contributed by atoms with E-state index in [1.807, 2.05) is 36.7 Å². The molecule has 7 heterocycles. The van der Waals surface area contributed by atoms with Crippen molar-refractivity contribution >= 4 is 126 Å². The molecule has 0 unspecified atom stereocenters. The molecule has 0 N–H and O–H groups in total. The molecule has 0 amide bonds. The number of anilines is 3. The highest BCUT2D eigenvalue weighted by atomic mass is 15.1. The Morgan fingerprint density at radius 1 is 0.125 bits per heavy atom. The van der Waals surface area contributed by atoms with Gasteiger partial charge in [-0.2, -0.15) is 0 Å². The summed E-state index contributed by atoms with van der Waals surface area (Å²) in [7, 11) is 0. The molecule has 0 aliphatic heterocycles. The van der Waals surface area contributed by atoms with Gasteiger partial charge in [0.2, 0.25) is 0 Å². The molecule has 7 aromatic heterocycles. The molecule has 0 saturated heterocycles. The van der Waals surface area contributed by atoms with E-state index in [0.29, 0.717) is 0 Å². The van der Waals surface area contributed by atoms with Crippen LogP contribution in [0, 0.1) is 0 Å². The molecule has 8 heteroatoms. The largest absolute Gasteiger partial charge is 0.311 e. The Kier molecular flexibility index (Phi) is 20.8. The Morgan fingerprint density at radius 2 is 0.306 bits per heavy atom. The lowest BCUT2D eigenvalue weighted by Gasteiger charge is -2.25. The van der Waals surface area contributed by atoms with Crippen molar-refractivity contribution in [2.45, 2.75) is 0 Å². The summed E-state index contributed by atoms with van der Waals surface area (Å²) in [5.74, 6) is 0. The molecule has 0 bridgehead atoms. The average molecular weight is 1840 g/mol. The second kappa shape index (κ2) is 35.6. The molecule has 21 aromatic carbocycles. The minimum Gasteiger partial charge on any atom is -0.311 e. The summed E-state index contributed by atoms with van der Waals surface area (Å²) >= 11 is 0. The molecule has 0 radical (unpaired) electrons. The minimum atomic E-state index is 0.964. The van der Waals surface area contributed by atoms with Gasteiger partial charge in [-0.25, -0.2) is 0 Å². The fraction of sp³-hybridized carbons (Fsp3) is 0. The molecule has 0 atom stereocenters. The van der Waals surface area contributed by atoms with Gasteiger partial charge in [0.15, 0.2) is 0 Å². The summed E-state index contributed by atoms with van der Waals surface area (Å²) in [4.78, 5) is 11.5. The third-order valence-electron chi connectivity index (χ3n) is 28.9. The van der Waals surface area contributed by atoms with Gasteiger partial charge >= 0.3 is 0 Å². The first-order chi connectivity index (χ1) is 71.4. The molecular formula is C136H90N8. The van der Waals surface area contributed by atoms with Crippen molar-refractivity contribution in [3.05, 3.63) is 546 Å². The molecule has 0 aliphatic rings. The van der Waals surface area contributed by atoms with E-state index in [0.717, 1.165) is 90.1 Å². The SMILES string of the molecule is c1ccc(-c2ccc3c(c2)c2cc(-c4ccc5c(c4)c4cc(-c6ccccc6)ccc4n5-c4ccc(N(c5ccccc5)c5ccccc5)cc4)ccc2n3-c2ccc(-c3ccccn3)cc2)cc1.c1ccc(-c2ccc3c(c2)c2cc(-c4ccc5c(c4)c4cc(-c6ccccc6)ccc4n5-c4ccc5c(c4)c4cc(-c6ccccc6)ccc4n5-c4ccccc4)ccc2n3-c2ccc(-c3ccccn3)cc2)cc1. The third kappa shape index (κ3) is 15.0. The van der Waals surface area contributed by atoms with Gasteiger partial charge in [-0.15, -0.1) is 0 Å². The molecule has 8 nitrogen and oxygen atoms in total. The van der Waals surface area contributed by atoms with Gasteiger partial charge < -0.3 is 27.7 Å². The number of fused-ring (bicyclic) bond motifs is 15. The van der Waals surface area contributed by atoms with Crippen LogP contribution in [-0.4, -0.2) is 32.8 Å². The second-order valence-corrected chi connectivity index (χ2v) is 37.2. The molecule has 0 saturated carbocycles. The Labute approximate surface area is 833 Å². The summed E-state index contributed by atoms with van der Waals surface area (Å²) in [5, 5.41) is 12.1. The summed E-state index contributed by atoms with van der Waals surface area (Å²) in [6.07, 6.45) is 3.70. The van der Waals surface area contributed by atoms with Crippen LogP contribution in [0.4, 0.5) is 17.1 Å². The van der Waals surface area contributed by atoms with Crippen molar-refractivity contribution in [3.8, 4) is 129 Å². The summed E-state index contributed by atoms with van der Waals surface area (Å²) in [6.45, 7) is 0. The molecular weight excluding hydrogens is 1750 g/mol. The van der Waals surface area contributed by atoms with E-state index >= 15 is 0 Å². The first-order valence-electron chi connectivity index (χ1n) is 49.2. The maximum atomic E-state index is 4.62. The van der Waals surface area contributed by atoms with Gasteiger partial charge in [-0.1, -0.05) is 297 Å². The topological polar surface area (TPSA) is 53.7 Å². The zero-order chi connectivity index (χ0) is 95.1. The normalized spacial score (nSPS) is 11.6. The van der Waals surface area contributed by atoms with Crippen molar-refractivity contribution in [3.63, 3.8) is 0 Å². The van der Waals surface area contributed by atoms with Crippen LogP contribution < -0.4 is 4.90 Å². The Morgan fingerprint density at radius 3 is 0.556 bits per heavy atom. The second-order valence-electron chi connectivity index (χ2n) is 37.2.